The van der Waals surface area contributed by atoms with E-state index in [2.05, 4.69) is 36.0 Å². The van der Waals surface area contributed by atoms with Crippen molar-refractivity contribution < 1.29 is 4.79 Å². The Morgan fingerprint density at radius 1 is 1.17 bits per heavy atom. The molecule has 3 rings (SSSR count). The number of carbonyl (C=O) groups excluding carboxylic acids is 1. The molecule has 0 N–H and O–H groups in total. The summed E-state index contributed by atoms with van der Waals surface area (Å²) in [5.41, 5.74) is 2.31. The van der Waals surface area contributed by atoms with E-state index in [1.54, 1.807) is 18.1 Å². The van der Waals surface area contributed by atoms with Gasteiger partial charge >= 0.3 is 0 Å². The highest BCUT2D eigenvalue weighted by atomic mass is 32.2. The summed E-state index contributed by atoms with van der Waals surface area (Å²) in [5.74, 6) is 1.06. The second-order valence-corrected chi connectivity index (χ2v) is 6.89. The maximum atomic E-state index is 12.4. The number of thioether (sulfide) groups is 1. The molecule has 0 unspecified atom stereocenters. The van der Waals surface area contributed by atoms with E-state index in [1.165, 1.54) is 17.3 Å². The fraction of sp³-hybridized carbons (Fsp3) is 0.211. The number of carbonyl (C=O) groups is 1. The Hall–Kier alpha value is -2.40. The van der Waals surface area contributed by atoms with Crippen LogP contribution in [0.1, 0.15) is 30.9 Å². The maximum absolute atomic E-state index is 12.4. The summed E-state index contributed by atoms with van der Waals surface area (Å²) >= 11 is 1.37. The molecule has 1 aliphatic heterocycles. The third-order valence-electron chi connectivity index (χ3n) is 3.76. The summed E-state index contributed by atoms with van der Waals surface area (Å²) < 4.78 is 0. The Bertz CT molecular complexity index is 795. The summed E-state index contributed by atoms with van der Waals surface area (Å²) in [6, 6.07) is 13.8. The van der Waals surface area contributed by atoms with Crippen molar-refractivity contribution in [1.29, 1.82) is 0 Å². The Balaban J connectivity index is 1.84. The molecular formula is C19H19N3OS. The maximum Gasteiger partial charge on any atom is 0.266 e. The van der Waals surface area contributed by atoms with E-state index < -0.39 is 0 Å². The molecule has 1 fully saturated rings. The summed E-state index contributed by atoms with van der Waals surface area (Å²) in [5, 5.41) is 0.642. The van der Waals surface area contributed by atoms with Crippen LogP contribution in [-0.4, -0.2) is 28.0 Å². The van der Waals surface area contributed by atoms with Crippen molar-refractivity contribution in [1.82, 2.24) is 9.88 Å². The second kappa shape index (κ2) is 7.01. The van der Waals surface area contributed by atoms with Crippen molar-refractivity contribution in [3.8, 4) is 0 Å². The molecule has 2 aromatic rings. The zero-order valence-electron chi connectivity index (χ0n) is 13.9. The molecule has 0 spiro atoms. The van der Waals surface area contributed by atoms with Crippen LogP contribution in [0.3, 0.4) is 0 Å². The van der Waals surface area contributed by atoms with Crippen LogP contribution in [-0.2, 0) is 4.79 Å². The van der Waals surface area contributed by atoms with E-state index in [1.807, 2.05) is 36.4 Å². The third kappa shape index (κ3) is 3.57. The number of amides is 1. The van der Waals surface area contributed by atoms with Crippen LogP contribution in [0, 0.1) is 0 Å². The predicted molar refractivity (Wildman–Crippen MR) is 100 cm³/mol. The van der Waals surface area contributed by atoms with E-state index in [0.29, 0.717) is 21.8 Å². The van der Waals surface area contributed by atoms with Crippen LogP contribution in [0.4, 0.5) is 5.82 Å². The van der Waals surface area contributed by atoms with E-state index in [4.69, 9.17) is 0 Å². The Labute approximate surface area is 146 Å². The minimum Gasteiger partial charge on any atom is -0.289 e. The number of hydrogen-bond acceptors (Lipinski definition) is 4. The van der Waals surface area contributed by atoms with Crippen molar-refractivity contribution in [3.63, 3.8) is 0 Å². The minimum atomic E-state index is -0.0392. The van der Waals surface area contributed by atoms with Crippen LogP contribution in [0.5, 0.6) is 0 Å². The topological polar surface area (TPSA) is 45.6 Å². The lowest BCUT2D eigenvalue weighted by molar-refractivity contribution is -0.121. The summed E-state index contributed by atoms with van der Waals surface area (Å²) in [6.07, 6.45) is 3.60. The number of likely N-dealkylation sites (N-methyl/N-ethyl adjacent to an activating group) is 1. The van der Waals surface area contributed by atoms with Gasteiger partial charge in [-0.05, 0) is 47.0 Å². The van der Waals surface area contributed by atoms with Crippen molar-refractivity contribution >= 4 is 34.7 Å². The van der Waals surface area contributed by atoms with Crippen LogP contribution < -0.4 is 0 Å². The van der Waals surface area contributed by atoms with Gasteiger partial charge in [-0.25, -0.2) is 9.98 Å². The highest BCUT2D eigenvalue weighted by molar-refractivity contribution is 8.18. The smallest absolute Gasteiger partial charge is 0.266 e. The molecule has 122 valence electrons. The number of aromatic nitrogens is 1. The highest BCUT2D eigenvalue weighted by Crippen LogP contribution is 2.32. The molecule has 1 amide bonds. The lowest BCUT2D eigenvalue weighted by atomic mass is 10.0. The number of aliphatic imine (C=N–C) groups is 1. The molecule has 1 aromatic heterocycles. The van der Waals surface area contributed by atoms with Gasteiger partial charge in [-0.1, -0.05) is 44.2 Å². The Kier molecular flexibility index (Phi) is 4.81. The van der Waals surface area contributed by atoms with Gasteiger partial charge in [-0.2, -0.15) is 0 Å². The summed E-state index contributed by atoms with van der Waals surface area (Å²) in [4.78, 5) is 23.3. The van der Waals surface area contributed by atoms with E-state index in [-0.39, 0.29) is 5.91 Å². The molecular weight excluding hydrogens is 318 g/mol. The average Bonchev–Trinajstić information content (AvgIpc) is 2.84. The summed E-state index contributed by atoms with van der Waals surface area (Å²) in [6.45, 7) is 4.33. The molecule has 0 saturated carbocycles. The molecule has 4 nitrogen and oxygen atoms in total. The van der Waals surface area contributed by atoms with Crippen molar-refractivity contribution in [2.75, 3.05) is 7.05 Å². The van der Waals surface area contributed by atoms with E-state index >= 15 is 0 Å². The quantitative estimate of drug-likeness (QED) is 0.778. The standard InChI is InChI=1S/C19H19N3OS/c1-13(2)15-9-7-14(8-10-15)12-16-18(23)22(3)19(24-16)21-17-6-4-5-11-20-17/h4-13H,1-3H3/b16-12-,21-19+. The molecule has 5 heteroatoms. The van der Waals surface area contributed by atoms with Crippen molar-refractivity contribution in [2.24, 2.45) is 4.99 Å². The van der Waals surface area contributed by atoms with Gasteiger partial charge in [0, 0.05) is 13.2 Å². The molecule has 1 aromatic carbocycles. The molecule has 24 heavy (non-hydrogen) atoms. The fourth-order valence-corrected chi connectivity index (χ4v) is 3.27. The van der Waals surface area contributed by atoms with Crippen molar-refractivity contribution in [3.05, 3.63) is 64.7 Å². The lowest BCUT2D eigenvalue weighted by Gasteiger charge is -2.06. The first-order valence-corrected chi connectivity index (χ1v) is 8.63. The van der Waals surface area contributed by atoms with Gasteiger partial charge in [-0.15, -0.1) is 0 Å². The number of rotatable bonds is 3. The van der Waals surface area contributed by atoms with Gasteiger partial charge in [0.1, 0.15) is 0 Å². The molecule has 1 saturated heterocycles. The Morgan fingerprint density at radius 3 is 2.54 bits per heavy atom. The summed E-state index contributed by atoms with van der Waals surface area (Å²) in [7, 11) is 1.74. The van der Waals surface area contributed by atoms with Gasteiger partial charge < -0.3 is 0 Å². The molecule has 0 radical (unpaired) electrons. The van der Waals surface area contributed by atoms with Crippen molar-refractivity contribution in [2.45, 2.75) is 19.8 Å². The van der Waals surface area contributed by atoms with Gasteiger partial charge in [-0.3, -0.25) is 9.69 Å². The number of benzene rings is 1. The molecule has 0 atom stereocenters. The fourth-order valence-electron chi connectivity index (χ4n) is 2.30. The second-order valence-electron chi connectivity index (χ2n) is 5.88. The van der Waals surface area contributed by atoms with Gasteiger partial charge in [0.05, 0.1) is 4.91 Å². The first-order chi connectivity index (χ1) is 11.5. The zero-order chi connectivity index (χ0) is 17.1. The Morgan fingerprint density at radius 2 is 1.92 bits per heavy atom. The first-order valence-electron chi connectivity index (χ1n) is 7.82. The normalized spacial score (nSPS) is 18.2. The monoisotopic (exact) mass is 337 g/mol. The van der Waals surface area contributed by atoms with Gasteiger partial charge in [0.25, 0.3) is 5.91 Å². The SMILES string of the molecule is CC(C)c1ccc(/C=C2\S/C(=N/c3ccccn3)N(C)C2=O)cc1. The zero-order valence-corrected chi connectivity index (χ0v) is 14.7. The molecule has 2 heterocycles. The first kappa shape index (κ1) is 16.5. The van der Waals surface area contributed by atoms with Gasteiger partial charge in [0.15, 0.2) is 11.0 Å². The average molecular weight is 337 g/mol. The molecule has 1 aliphatic rings. The third-order valence-corrected chi connectivity index (χ3v) is 4.82. The largest absolute Gasteiger partial charge is 0.289 e. The number of nitrogens with zero attached hydrogens (tertiary/aromatic N) is 3. The lowest BCUT2D eigenvalue weighted by Crippen LogP contribution is -2.23. The minimum absolute atomic E-state index is 0.0392. The predicted octanol–water partition coefficient (Wildman–Crippen LogP) is 4.44. The van der Waals surface area contributed by atoms with Gasteiger partial charge in [0.2, 0.25) is 0 Å². The van der Waals surface area contributed by atoms with E-state index in [9.17, 15) is 4.79 Å². The molecule has 0 aliphatic carbocycles. The van der Waals surface area contributed by atoms with Crippen LogP contribution in [0.2, 0.25) is 0 Å². The number of pyridine rings is 1. The van der Waals surface area contributed by atoms with Crippen LogP contribution in [0.15, 0.2) is 58.6 Å². The van der Waals surface area contributed by atoms with Crippen LogP contribution in [0.25, 0.3) is 6.08 Å². The number of amidine groups is 1. The number of hydrogen-bond donors (Lipinski definition) is 0. The highest BCUT2D eigenvalue weighted by Gasteiger charge is 2.30. The van der Waals surface area contributed by atoms with E-state index in [0.717, 1.165) is 5.56 Å². The molecule has 0 bridgehead atoms. The van der Waals surface area contributed by atoms with Crippen LogP contribution >= 0.6 is 11.8 Å².